The molecule has 1 heterocycles. The van der Waals surface area contributed by atoms with Crippen molar-refractivity contribution in [3.63, 3.8) is 0 Å². The SMILES string of the molecule is CCCNC(Cn1cc(C)cnc1=O)c1ccccc1C. The van der Waals surface area contributed by atoms with Gasteiger partial charge in [0.05, 0.1) is 6.04 Å². The second kappa shape index (κ2) is 7.18. The van der Waals surface area contributed by atoms with Crippen molar-refractivity contribution in [3.8, 4) is 0 Å². The van der Waals surface area contributed by atoms with Crippen molar-refractivity contribution in [2.24, 2.45) is 0 Å². The Labute approximate surface area is 125 Å². The van der Waals surface area contributed by atoms with Crippen LogP contribution in [0.5, 0.6) is 0 Å². The Morgan fingerprint density at radius 2 is 2.05 bits per heavy atom. The third kappa shape index (κ3) is 4.02. The van der Waals surface area contributed by atoms with Gasteiger partial charge in [0.2, 0.25) is 0 Å². The fraction of sp³-hybridized carbons (Fsp3) is 0.412. The molecule has 0 fully saturated rings. The molecule has 4 heteroatoms. The number of aryl methyl sites for hydroxylation is 2. The summed E-state index contributed by atoms with van der Waals surface area (Å²) in [7, 11) is 0. The van der Waals surface area contributed by atoms with Crippen molar-refractivity contribution in [1.82, 2.24) is 14.9 Å². The number of aromatic nitrogens is 2. The van der Waals surface area contributed by atoms with Gasteiger partial charge in [0.25, 0.3) is 0 Å². The maximum atomic E-state index is 11.9. The highest BCUT2D eigenvalue weighted by molar-refractivity contribution is 5.28. The van der Waals surface area contributed by atoms with Crippen molar-refractivity contribution in [1.29, 1.82) is 0 Å². The van der Waals surface area contributed by atoms with Crippen molar-refractivity contribution in [3.05, 3.63) is 63.8 Å². The summed E-state index contributed by atoms with van der Waals surface area (Å²) < 4.78 is 1.69. The minimum absolute atomic E-state index is 0.118. The van der Waals surface area contributed by atoms with Gasteiger partial charge in [0.15, 0.2) is 0 Å². The van der Waals surface area contributed by atoms with E-state index in [0.717, 1.165) is 18.5 Å². The lowest BCUT2D eigenvalue weighted by molar-refractivity contribution is 0.449. The average Bonchev–Trinajstić information content (AvgIpc) is 2.48. The van der Waals surface area contributed by atoms with Crippen molar-refractivity contribution in [2.45, 2.75) is 39.8 Å². The van der Waals surface area contributed by atoms with E-state index in [9.17, 15) is 4.79 Å². The van der Waals surface area contributed by atoms with Gasteiger partial charge in [-0.1, -0.05) is 31.2 Å². The number of nitrogens with zero attached hydrogens (tertiary/aromatic N) is 2. The Balaban J connectivity index is 2.30. The molecule has 2 rings (SSSR count). The van der Waals surface area contributed by atoms with Gasteiger partial charge in [-0.25, -0.2) is 9.78 Å². The van der Waals surface area contributed by atoms with Gasteiger partial charge in [-0.05, 0) is 43.5 Å². The van der Waals surface area contributed by atoms with E-state index in [4.69, 9.17) is 0 Å². The molecule has 0 amide bonds. The molecule has 0 aliphatic heterocycles. The van der Waals surface area contributed by atoms with Crippen molar-refractivity contribution >= 4 is 0 Å². The van der Waals surface area contributed by atoms with Gasteiger partial charge in [-0.3, -0.25) is 4.57 Å². The highest BCUT2D eigenvalue weighted by Crippen LogP contribution is 2.19. The molecule has 2 aromatic rings. The third-order valence-electron chi connectivity index (χ3n) is 3.57. The van der Waals surface area contributed by atoms with Gasteiger partial charge in [0.1, 0.15) is 0 Å². The molecule has 1 N–H and O–H groups in total. The molecular formula is C17H23N3O. The number of nitrogens with one attached hydrogen (secondary N) is 1. The van der Waals surface area contributed by atoms with E-state index >= 15 is 0 Å². The van der Waals surface area contributed by atoms with Crippen molar-refractivity contribution in [2.75, 3.05) is 6.54 Å². The van der Waals surface area contributed by atoms with Gasteiger partial charge in [-0.2, -0.15) is 0 Å². The number of hydrogen-bond donors (Lipinski definition) is 1. The van der Waals surface area contributed by atoms with E-state index < -0.39 is 0 Å². The second-order valence-corrected chi connectivity index (χ2v) is 5.43. The molecule has 1 unspecified atom stereocenters. The topological polar surface area (TPSA) is 46.9 Å². The normalized spacial score (nSPS) is 12.3. The van der Waals surface area contributed by atoms with E-state index in [1.165, 1.54) is 11.1 Å². The lowest BCUT2D eigenvalue weighted by atomic mass is 10.0. The summed E-state index contributed by atoms with van der Waals surface area (Å²) in [4.78, 5) is 15.8. The largest absolute Gasteiger partial charge is 0.347 e. The van der Waals surface area contributed by atoms with Gasteiger partial charge in [-0.15, -0.1) is 0 Å². The van der Waals surface area contributed by atoms with Crippen LogP contribution in [0, 0.1) is 13.8 Å². The first-order valence-corrected chi connectivity index (χ1v) is 7.43. The van der Waals surface area contributed by atoms with Crippen LogP contribution >= 0.6 is 0 Å². The minimum atomic E-state index is -0.197. The van der Waals surface area contributed by atoms with Gasteiger partial charge in [0, 0.05) is 18.9 Å². The fourth-order valence-corrected chi connectivity index (χ4v) is 2.46. The summed E-state index contributed by atoms with van der Waals surface area (Å²) in [5.74, 6) is 0. The molecule has 0 saturated heterocycles. The zero-order chi connectivity index (χ0) is 15.2. The standard InChI is InChI=1S/C17H23N3O/c1-4-9-18-16(15-8-6-5-7-14(15)3)12-20-11-13(2)10-19-17(20)21/h5-8,10-11,16,18H,4,9,12H2,1-3H3. The molecule has 0 radical (unpaired) electrons. The van der Waals surface area contributed by atoms with Crippen LogP contribution in [-0.4, -0.2) is 16.1 Å². The zero-order valence-corrected chi connectivity index (χ0v) is 13.0. The summed E-state index contributed by atoms with van der Waals surface area (Å²) in [5.41, 5.74) is 3.27. The predicted molar refractivity (Wildman–Crippen MR) is 85.4 cm³/mol. The molecule has 1 aromatic heterocycles. The first kappa shape index (κ1) is 15.4. The molecule has 0 bridgehead atoms. The Morgan fingerprint density at radius 1 is 1.29 bits per heavy atom. The summed E-state index contributed by atoms with van der Waals surface area (Å²) in [5, 5.41) is 3.53. The monoisotopic (exact) mass is 285 g/mol. The zero-order valence-electron chi connectivity index (χ0n) is 13.0. The Hall–Kier alpha value is -1.94. The number of benzene rings is 1. The predicted octanol–water partition coefficient (Wildman–Crippen LogP) is 2.60. The average molecular weight is 285 g/mol. The second-order valence-electron chi connectivity index (χ2n) is 5.43. The van der Waals surface area contributed by atoms with Crippen LogP contribution in [0.1, 0.15) is 36.1 Å². The first-order chi connectivity index (χ1) is 10.1. The molecule has 1 aromatic carbocycles. The van der Waals surface area contributed by atoms with Crippen molar-refractivity contribution < 1.29 is 0 Å². The van der Waals surface area contributed by atoms with E-state index in [1.807, 2.05) is 25.3 Å². The summed E-state index contributed by atoms with van der Waals surface area (Å²) in [6.07, 6.45) is 4.54. The van der Waals surface area contributed by atoms with E-state index in [2.05, 4.69) is 36.3 Å². The quantitative estimate of drug-likeness (QED) is 0.887. The number of rotatable bonds is 6. The maximum absolute atomic E-state index is 11.9. The summed E-state index contributed by atoms with van der Waals surface area (Å²) >= 11 is 0. The third-order valence-corrected chi connectivity index (χ3v) is 3.57. The Bertz CT molecular complexity index is 648. The highest BCUT2D eigenvalue weighted by Gasteiger charge is 2.14. The number of hydrogen-bond acceptors (Lipinski definition) is 3. The van der Waals surface area contributed by atoms with E-state index in [1.54, 1.807) is 10.8 Å². The maximum Gasteiger partial charge on any atom is 0.347 e. The molecule has 112 valence electrons. The van der Waals surface area contributed by atoms with Crippen LogP contribution in [0.3, 0.4) is 0 Å². The molecule has 4 nitrogen and oxygen atoms in total. The first-order valence-electron chi connectivity index (χ1n) is 7.43. The lowest BCUT2D eigenvalue weighted by Gasteiger charge is -2.22. The lowest BCUT2D eigenvalue weighted by Crippen LogP contribution is -2.32. The summed E-state index contributed by atoms with van der Waals surface area (Å²) in [6, 6.07) is 8.42. The Morgan fingerprint density at radius 3 is 2.76 bits per heavy atom. The molecule has 21 heavy (non-hydrogen) atoms. The van der Waals surface area contributed by atoms with Crippen LogP contribution in [-0.2, 0) is 6.54 Å². The highest BCUT2D eigenvalue weighted by atomic mass is 16.1. The van der Waals surface area contributed by atoms with Crippen LogP contribution in [0.25, 0.3) is 0 Å². The van der Waals surface area contributed by atoms with Crippen LogP contribution in [0.15, 0.2) is 41.5 Å². The van der Waals surface area contributed by atoms with Gasteiger partial charge >= 0.3 is 5.69 Å². The van der Waals surface area contributed by atoms with Crippen LogP contribution < -0.4 is 11.0 Å². The fourth-order valence-electron chi connectivity index (χ4n) is 2.46. The minimum Gasteiger partial charge on any atom is -0.308 e. The molecule has 0 aliphatic rings. The van der Waals surface area contributed by atoms with Gasteiger partial charge < -0.3 is 5.32 Å². The summed E-state index contributed by atoms with van der Waals surface area (Å²) in [6.45, 7) is 7.71. The molecular weight excluding hydrogens is 262 g/mol. The van der Waals surface area contributed by atoms with Crippen LogP contribution in [0.2, 0.25) is 0 Å². The smallest absolute Gasteiger partial charge is 0.308 e. The Kier molecular flexibility index (Phi) is 5.28. The van der Waals surface area contributed by atoms with E-state index in [-0.39, 0.29) is 11.7 Å². The molecule has 0 saturated carbocycles. The molecule has 0 aliphatic carbocycles. The van der Waals surface area contributed by atoms with Crippen LogP contribution in [0.4, 0.5) is 0 Å². The molecule has 0 spiro atoms. The van der Waals surface area contributed by atoms with E-state index in [0.29, 0.717) is 6.54 Å². The molecule has 1 atom stereocenters.